The number of aryl methyl sites for hydroxylation is 2. The fourth-order valence-corrected chi connectivity index (χ4v) is 4.52. The molecule has 0 aliphatic heterocycles. The zero-order chi connectivity index (χ0) is 21.3. The minimum atomic E-state index is -0.0806. The summed E-state index contributed by atoms with van der Waals surface area (Å²) in [6.07, 6.45) is 0.975. The van der Waals surface area contributed by atoms with Crippen molar-refractivity contribution in [2.24, 2.45) is 0 Å². The molecule has 4 rings (SSSR count). The molecule has 5 nitrogen and oxygen atoms in total. The van der Waals surface area contributed by atoms with Crippen molar-refractivity contribution in [1.82, 2.24) is 14.8 Å². The number of anilines is 1. The van der Waals surface area contributed by atoms with Crippen LogP contribution >= 0.6 is 11.3 Å². The van der Waals surface area contributed by atoms with Crippen LogP contribution in [0.3, 0.4) is 0 Å². The molecule has 0 radical (unpaired) electrons. The van der Waals surface area contributed by atoms with E-state index in [-0.39, 0.29) is 11.9 Å². The summed E-state index contributed by atoms with van der Waals surface area (Å²) >= 11 is 1.56. The number of hydrogen-bond acceptors (Lipinski definition) is 4. The molecular formula is C24H26N4OS. The third-order valence-corrected chi connectivity index (χ3v) is 6.12. The molecule has 2 aromatic heterocycles. The Kier molecular flexibility index (Phi) is 5.68. The molecule has 0 aliphatic rings. The predicted octanol–water partition coefficient (Wildman–Crippen LogP) is 5.79. The van der Waals surface area contributed by atoms with Gasteiger partial charge in [-0.2, -0.15) is 5.10 Å². The Morgan fingerprint density at radius 2 is 1.87 bits per heavy atom. The molecule has 0 bridgehead atoms. The number of amides is 1. The summed E-state index contributed by atoms with van der Waals surface area (Å²) in [6, 6.07) is 18.3. The van der Waals surface area contributed by atoms with Gasteiger partial charge < -0.3 is 0 Å². The molecule has 0 atom stereocenters. The Morgan fingerprint density at radius 3 is 2.57 bits per heavy atom. The van der Waals surface area contributed by atoms with Gasteiger partial charge in [0, 0.05) is 6.04 Å². The van der Waals surface area contributed by atoms with Crippen LogP contribution in [-0.4, -0.2) is 20.7 Å². The fourth-order valence-electron chi connectivity index (χ4n) is 3.49. The van der Waals surface area contributed by atoms with Crippen LogP contribution in [0, 0.1) is 6.92 Å². The van der Waals surface area contributed by atoms with Crippen LogP contribution < -0.4 is 4.90 Å². The van der Waals surface area contributed by atoms with Gasteiger partial charge in [-0.3, -0.25) is 14.4 Å². The number of hydrogen-bond donors (Lipinski definition) is 0. The minimum absolute atomic E-state index is 0.0806. The molecule has 154 valence electrons. The molecule has 0 saturated heterocycles. The third kappa shape index (κ3) is 4.00. The average molecular weight is 419 g/mol. The Balaban J connectivity index is 1.79. The van der Waals surface area contributed by atoms with E-state index in [0.717, 1.165) is 27.9 Å². The standard InChI is InChI=1S/C24H26N4OS/c1-5-18-11-12-20-22(14-18)30-24(25-20)27(15-19-9-7-6-8-10-19)23(29)21-13-17(4)26-28(21)16(2)3/h6-14,16H,5,15H2,1-4H3. The van der Waals surface area contributed by atoms with Crippen molar-refractivity contribution in [2.75, 3.05) is 4.90 Å². The second-order valence-electron chi connectivity index (χ2n) is 7.74. The fraction of sp³-hybridized carbons (Fsp3) is 0.292. The number of thiazole rings is 1. The van der Waals surface area contributed by atoms with E-state index >= 15 is 0 Å². The van der Waals surface area contributed by atoms with Crippen molar-refractivity contribution >= 4 is 32.6 Å². The molecule has 0 spiro atoms. The average Bonchev–Trinajstić information content (AvgIpc) is 3.35. The van der Waals surface area contributed by atoms with Crippen molar-refractivity contribution in [1.29, 1.82) is 0 Å². The van der Waals surface area contributed by atoms with Gasteiger partial charge >= 0.3 is 0 Å². The van der Waals surface area contributed by atoms with Gasteiger partial charge in [0.15, 0.2) is 5.13 Å². The van der Waals surface area contributed by atoms with Crippen molar-refractivity contribution in [3.8, 4) is 0 Å². The van der Waals surface area contributed by atoms with Gasteiger partial charge in [0.05, 0.1) is 22.5 Å². The first-order valence-corrected chi connectivity index (χ1v) is 11.1. The van der Waals surface area contributed by atoms with Crippen LogP contribution in [-0.2, 0) is 13.0 Å². The van der Waals surface area contributed by atoms with E-state index in [9.17, 15) is 4.79 Å². The normalized spacial score (nSPS) is 11.4. The third-order valence-electron chi connectivity index (χ3n) is 5.08. The highest BCUT2D eigenvalue weighted by atomic mass is 32.1. The first-order valence-electron chi connectivity index (χ1n) is 10.3. The van der Waals surface area contributed by atoms with Gasteiger partial charge in [-0.15, -0.1) is 0 Å². The maximum atomic E-state index is 13.7. The lowest BCUT2D eigenvalue weighted by Crippen LogP contribution is -2.32. The molecule has 0 saturated carbocycles. The van der Waals surface area contributed by atoms with E-state index in [1.165, 1.54) is 5.56 Å². The van der Waals surface area contributed by atoms with E-state index in [4.69, 9.17) is 4.98 Å². The summed E-state index contributed by atoms with van der Waals surface area (Å²) in [5, 5.41) is 5.24. The smallest absolute Gasteiger partial charge is 0.278 e. The summed E-state index contributed by atoms with van der Waals surface area (Å²) in [5.41, 5.74) is 4.68. The molecule has 0 N–H and O–H groups in total. The topological polar surface area (TPSA) is 51.0 Å². The number of nitrogens with zero attached hydrogens (tertiary/aromatic N) is 4. The van der Waals surface area contributed by atoms with Gasteiger partial charge in [-0.1, -0.05) is 54.7 Å². The molecule has 0 aliphatic carbocycles. The van der Waals surface area contributed by atoms with Crippen LogP contribution in [0.15, 0.2) is 54.6 Å². The SMILES string of the molecule is CCc1ccc2nc(N(Cc3ccccc3)C(=O)c3cc(C)nn3C(C)C)sc2c1. The van der Waals surface area contributed by atoms with E-state index < -0.39 is 0 Å². The maximum Gasteiger partial charge on any atom is 0.278 e. The molecule has 0 unspecified atom stereocenters. The minimum Gasteiger partial charge on any atom is -0.278 e. The molecule has 0 fully saturated rings. The summed E-state index contributed by atoms with van der Waals surface area (Å²) < 4.78 is 2.90. The highest BCUT2D eigenvalue weighted by Gasteiger charge is 2.26. The summed E-state index contributed by atoms with van der Waals surface area (Å²) in [5.74, 6) is -0.0806. The van der Waals surface area contributed by atoms with Crippen molar-refractivity contribution < 1.29 is 4.79 Å². The van der Waals surface area contributed by atoms with E-state index in [0.29, 0.717) is 17.4 Å². The lowest BCUT2D eigenvalue weighted by Gasteiger charge is -2.21. The van der Waals surface area contributed by atoms with Crippen LogP contribution in [0.1, 0.15) is 54.1 Å². The molecule has 30 heavy (non-hydrogen) atoms. The molecule has 6 heteroatoms. The Hall–Kier alpha value is -2.99. The highest BCUT2D eigenvalue weighted by Crippen LogP contribution is 2.32. The Morgan fingerprint density at radius 1 is 1.10 bits per heavy atom. The first kappa shape index (κ1) is 20.3. The Bertz CT molecular complexity index is 1180. The van der Waals surface area contributed by atoms with Gasteiger partial charge in [0.1, 0.15) is 5.69 Å². The first-order chi connectivity index (χ1) is 14.5. The number of aromatic nitrogens is 3. The molecule has 1 amide bonds. The highest BCUT2D eigenvalue weighted by molar-refractivity contribution is 7.22. The maximum absolute atomic E-state index is 13.7. The molecular weight excluding hydrogens is 392 g/mol. The predicted molar refractivity (Wildman–Crippen MR) is 123 cm³/mol. The van der Waals surface area contributed by atoms with Crippen LogP contribution in [0.25, 0.3) is 10.2 Å². The lowest BCUT2D eigenvalue weighted by molar-refractivity contribution is 0.0973. The quantitative estimate of drug-likeness (QED) is 0.398. The number of carbonyl (C=O) groups is 1. The molecule has 4 aromatic rings. The zero-order valence-electron chi connectivity index (χ0n) is 17.8. The number of fused-ring (bicyclic) bond motifs is 1. The Labute approximate surface area is 181 Å². The van der Waals surface area contributed by atoms with E-state index in [1.54, 1.807) is 20.9 Å². The van der Waals surface area contributed by atoms with E-state index in [1.807, 2.05) is 63.2 Å². The van der Waals surface area contributed by atoms with Gasteiger partial charge in [0.2, 0.25) is 0 Å². The largest absolute Gasteiger partial charge is 0.278 e. The summed E-state index contributed by atoms with van der Waals surface area (Å²) in [6.45, 7) is 8.59. The van der Waals surface area contributed by atoms with Gasteiger partial charge in [-0.05, 0) is 56.5 Å². The van der Waals surface area contributed by atoms with Crippen molar-refractivity contribution in [3.05, 3.63) is 77.1 Å². The van der Waals surface area contributed by atoms with Gasteiger partial charge in [-0.25, -0.2) is 4.98 Å². The van der Waals surface area contributed by atoms with Crippen LogP contribution in [0.5, 0.6) is 0 Å². The molecule has 2 aromatic carbocycles. The second-order valence-corrected chi connectivity index (χ2v) is 8.75. The number of benzene rings is 2. The van der Waals surface area contributed by atoms with Crippen molar-refractivity contribution in [2.45, 2.75) is 46.7 Å². The zero-order valence-corrected chi connectivity index (χ0v) is 18.6. The lowest BCUT2D eigenvalue weighted by atomic mass is 10.2. The number of rotatable bonds is 6. The number of carbonyl (C=O) groups excluding carboxylic acids is 1. The summed E-state index contributed by atoms with van der Waals surface area (Å²) in [7, 11) is 0. The van der Waals surface area contributed by atoms with Crippen LogP contribution in [0.2, 0.25) is 0 Å². The van der Waals surface area contributed by atoms with Gasteiger partial charge in [0.25, 0.3) is 5.91 Å². The molecule has 2 heterocycles. The monoisotopic (exact) mass is 418 g/mol. The summed E-state index contributed by atoms with van der Waals surface area (Å²) in [4.78, 5) is 20.3. The van der Waals surface area contributed by atoms with Crippen molar-refractivity contribution in [3.63, 3.8) is 0 Å². The van der Waals surface area contributed by atoms with Crippen LogP contribution in [0.4, 0.5) is 5.13 Å². The second kappa shape index (κ2) is 8.40. The van der Waals surface area contributed by atoms with E-state index in [2.05, 4.69) is 24.2 Å².